The van der Waals surface area contributed by atoms with Crippen molar-refractivity contribution in [2.24, 2.45) is 0 Å². The fraction of sp³-hybridized carbons (Fsp3) is 0.300. The highest BCUT2D eigenvalue weighted by molar-refractivity contribution is 5.91. The Hall–Kier alpha value is -2.82. The second-order valence-electron chi connectivity index (χ2n) is 6.24. The topological polar surface area (TPSA) is 66.8 Å². The highest BCUT2D eigenvalue weighted by Crippen LogP contribution is 2.29. The number of amides is 1. The molecule has 1 heterocycles. The molecule has 1 atom stereocenters. The number of benzene rings is 2. The Morgan fingerprint density at radius 2 is 1.88 bits per heavy atom. The molecule has 3 rings (SSSR count). The van der Waals surface area contributed by atoms with Crippen LogP contribution < -0.4 is 4.74 Å². The van der Waals surface area contributed by atoms with Gasteiger partial charge in [0.25, 0.3) is 0 Å². The van der Waals surface area contributed by atoms with Gasteiger partial charge >= 0.3 is 5.97 Å². The predicted molar refractivity (Wildman–Crippen MR) is 94.0 cm³/mol. The molecule has 1 N–H and O–H groups in total. The normalized spacial score (nSPS) is 16.7. The molecule has 0 bridgehead atoms. The Morgan fingerprint density at radius 1 is 1.16 bits per heavy atom. The lowest BCUT2D eigenvalue weighted by Gasteiger charge is -2.17. The summed E-state index contributed by atoms with van der Waals surface area (Å²) in [5.41, 5.74) is 1.96. The van der Waals surface area contributed by atoms with Gasteiger partial charge in [-0.25, -0.2) is 4.79 Å². The zero-order valence-corrected chi connectivity index (χ0v) is 14.1. The molecule has 1 aliphatic heterocycles. The van der Waals surface area contributed by atoms with Crippen LogP contribution in [0.2, 0.25) is 0 Å². The molecule has 1 unspecified atom stereocenters. The number of carboxylic acids is 1. The summed E-state index contributed by atoms with van der Waals surface area (Å²) >= 11 is 0. The van der Waals surface area contributed by atoms with Crippen LogP contribution >= 0.6 is 0 Å². The quantitative estimate of drug-likeness (QED) is 0.909. The van der Waals surface area contributed by atoms with Crippen molar-refractivity contribution in [1.29, 1.82) is 0 Å². The number of rotatable bonds is 5. The molecule has 0 spiro atoms. The van der Waals surface area contributed by atoms with E-state index in [0.29, 0.717) is 24.6 Å². The Kier molecular flexibility index (Phi) is 5.03. The molecule has 0 aliphatic carbocycles. The molecular weight excluding hydrogens is 318 g/mol. The van der Waals surface area contributed by atoms with E-state index in [0.717, 1.165) is 12.2 Å². The van der Waals surface area contributed by atoms with Crippen LogP contribution in [0.5, 0.6) is 5.75 Å². The molecule has 25 heavy (non-hydrogen) atoms. The van der Waals surface area contributed by atoms with Crippen molar-refractivity contribution >= 4 is 11.9 Å². The van der Waals surface area contributed by atoms with E-state index in [9.17, 15) is 14.7 Å². The van der Waals surface area contributed by atoms with Gasteiger partial charge in [0, 0.05) is 19.0 Å². The van der Waals surface area contributed by atoms with Gasteiger partial charge in [0.15, 0.2) is 0 Å². The number of methoxy groups -OCH3 is 1. The van der Waals surface area contributed by atoms with Gasteiger partial charge in [-0.2, -0.15) is 0 Å². The van der Waals surface area contributed by atoms with Crippen molar-refractivity contribution in [3.63, 3.8) is 0 Å². The van der Waals surface area contributed by atoms with Crippen LogP contribution in [-0.2, 0) is 11.2 Å². The summed E-state index contributed by atoms with van der Waals surface area (Å²) in [7, 11) is 1.64. The van der Waals surface area contributed by atoms with Crippen molar-refractivity contribution in [3.8, 4) is 5.75 Å². The largest absolute Gasteiger partial charge is 0.497 e. The summed E-state index contributed by atoms with van der Waals surface area (Å²) in [6, 6.07) is 14.6. The van der Waals surface area contributed by atoms with E-state index in [1.165, 1.54) is 11.6 Å². The zero-order valence-electron chi connectivity index (χ0n) is 14.1. The van der Waals surface area contributed by atoms with Gasteiger partial charge in [-0.15, -0.1) is 0 Å². The van der Waals surface area contributed by atoms with Crippen LogP contribution in [0.1, 0.15) is 33.8 Å². The second kappa shape index (κ2) is 7.38. The van der Waals surface area contributed by atoms with Crippen molar-refractivity contribution in [1.82, 2.24) is 4.90 Å². The Balaban J connectivity index is 1.65. The van der Waals surface area contributed by atoms with E-state index in [2.05, 4.69) is 0 Å². The van der Waals surface area contributed by atoms with Gasteiger partial charge in [0.1, 0.15) is 5.75 Å². The first-order chi connectivity index (χ1) is 12.1. The number of aromatic carboxylic acids is 1. The molecule has 0 radical (unpaired) electrons. The highest BCUT2D eigenvalue weighted by atomic mass is 16.5. The first kappa shape index (κ1) is 17.0. The highest BCUT2D eigenvalue weighted by Gasteiger charge is 2.27. The molecule has 5 heteroatoms. The average molecular weight is 339 g/mol. The van der Waals surface area contributed by atoms with Gasteiger partial charge in [-0.1, -0.05) is 30.3 Å². The molecule has 1 aliphatic rings. The van der Waals surface area contributed by atoms with Gasteiger partial charge in [-0.3, -0.25) is 4.79 Å². The SMILES string of the molecule is COc1ccc(C2CCN(C(=O)Cc3ccccc3C(=O)O)C2)cc1. The van der Waals surface area contributed by atoms with Gasteiger partial charge in [-0.05, 0) is 35.7 Å². The van der Waals surface area contributed by atoms with Crippen LogP contribution in [0, 0.1) is 0 Å². The minimum absolute atomic E-state index is 0.0234. The average Bonchev–Trinajstić information content (AvgIpc) is 3.12. The number of ether oxygens (including phenoxy) is 1. The zero-order chi connectivity index (χ0) is 17.8. The lowest BCUT2D eigenvalue weighted by Crippen LogP contribution is -2.30. The Bertz CT molecular complexity index is 770. The first-order valence-electron chi connectivity index (χ1n) is 8.31. The van der Waals surface area contributed by atoms with E-state index >= 15 is 0 Å². The standard InChI is InChI=1S/C20H21NO4/c1-25-17-8-6-14(7-9-17)16-10-11-21(13-16)19(22)12-15-4-2-3-5-18(15)20(23)24/h2-9,16H,10-13H2,1H3,(H,23,24). The summed E-state index contributed by atoms with van der Waals surface area (Å²) in [4.78, 5) is 25.7. The minimum atomic E-state index is -0.999. The van der Waals surface area contributed by atoms with Crippen molar-refractivity contribution in [3.05, 3.63) is 65.2 Å². The molecule has 2 aromatic rings. The van der Waals surface area contributed by atoms with Crippen LogP contribution in [0.4, 0.5) is 0 Å². The van der Waals surface area contributed by atoms with Crippen LogP contribution in [0.15, 0.2) is 48.5 Å². The summed E-state index contributed by atoms with van der Waals surface area (Å²) in [6.45, 7) is 1.37. The fourth-order valence-corrected chi connectivity index (χ4v) is 3.29. The van der Waals surface area contributed by atoms with Crippen molar-refractivity contribution in [2.45, 2.75) is 18.8 Å². The van der Waals surface area contributed by atoms with E-state index in [1.54, 1.807) is 25.3 Å². The third-order valence-corrected chi connectivity index (χ3v) is 4.72. The Morgan fingerprint density at radius 3 is 2.56 bits per heavy atom. The molecule has 1 saturated heterocycles. The number of hydrogen-bond acceptors (Lipinski definition) is 3. The fourth-order valence-electron chi connectivity index (χ4n) is 3.29. The van der Waals surface area contributed by atoms with Gasteiger partial charge < -0.3 is 14.7 Å². The lowest BCUT2D eigenvalue weighted by atomic mass is 9.98. The molecule has 1 amide bonds. The molecule has 0 aromatic heterocycles. The molecule has 130 valence electrons. The number of carbonyl (C=O) groups excluding carboxylic acids is 1. The van der Waals surface area contributed by atoms with Gasteiger partial charge in [0.2, 0.25) is 5.91 Å². The summed E-state index contributed by atoms with van der Waals surface area (Å²) in [5.74, 6) is 0.107. The molecule has 2 aromatic carbocycles. The maximum Gasteiger partial charge on any atom is 0.335 e. The minimum Gasteiger partial charge on any atom is -0.497 e. The van der Waals surface area contributed by atoms with Crippen LogP contribution in [-0.4, -0.2) is 42.1 Å². The second-order valence-corrected chi connectivity index (χ2v) is 6.24. The number of nitrogens with zero attached hydrogens (tertiary/aromatic N) is 1. The Labute approximate surface area is 146 Å². The van der Waals surface area contributed by atoms with Crippen LogP contribution in [0.25, 0.3) is 0 Å². The molecular formula is C20H21NO4. The number of carbonyl (C=O) groups is 2. The third-order valence-electron chi connectivity index (χ3n) is 4.72. The maximum atomic E-state index is 12.6. The van der Waals surface area contributed by atoms with E-state index in [4.69, 9.17) is 4.74 Å². The van der Waals surface area contributed by atoms with E-state index in [-0.39, 0.29) is 17.9 Å². The number of hydrogen-bond donors (Lipinski definition) is 1. The summed E-state index contributed by atoms with van der Waals surface area (Å²) in [6.07, 6.45) is 1.04. The summed E-state index contributed by atoms with van der Waals surface area (Å²) in [5, 5.41) is 9.24. The number of carboxylic acid groups (broad SMARTS) is 1. The van der Waals surface area contributed by atoms with Gasteiger partial charge in [0.05, 0.1) is 19.1 Å². The smallest absolute Gasteiger partial charge is 0.335 e. The monoisotopic (exact) mass is 339 g/mol. The first-order valence-corrected chi connectivity index (χ1v) is 8.31. The molecule has 0 saturated carbocycles. The van der Waals surface area contributed by atoms with Crippen molar-refractivity contribution in [2.75, 3.05) is 20.2 Å². The van der Waals surface area contributed by atoms with Crippen LogP contribution in [0.3, 0.4) is 0 Å². The third kappa shape index (κ3) is 3.82. The van der Waals surface area contributed by atoms with E-state index in [1.807, 2.05) is 29.2 Å². The van der Waals surface area contributed by atoms with E-state index < -0.39 is 5.97 Å². The number of likely N-dealkylation sites (tertiary alicyclic amines) is 1. The summed E-state index contributed by atoms with van der Waals surface area (Å²) < 4.78 is 5.18. The van der Waals surface area contributed by atoms with Crippen molar-refractivity contribution < 1.29 is 19.4 Å². The predicted octanol–water partition coefficient (Wildman–Crippen LogP) is 2.95. The molecule has 5 nitrogen and oxygen atoms in total. The lowest BCUT2D eigenvalue weighted by molar-refractivity contribution is -0.129. The maximum absolute atomic E-state index is 12.6. The molecule has 1 fully saturated rings.